The second-order valence-electron chi connectivity index (χ2n) is 4.64. The third kappa shape index (κ3) is 3.71. The third-order valence-corrected chi connectivity index (χ3v) is 4.34. The van der Waals surface area contributed by atoms with E-state index >= 15 is 0 Å². The van der Waals surface area contributed by atoms with Gasteiger partial charge in [0.05, 0.1) is 10.6 Å². The Bertz CT molecular complexity index is 464. The molecule has 0 radical (unpaired) electrons. The number of nitrogens with one attached hydrogen (secondary N) is 1. The molecule has 0 saturated carbocycles. The van der Waals surface area contributed by atoms with Gasteiger partial charge in [0.15, 0.2) is 9.84 Å². The standard InChI is InChI=1S/C12H20N2O2S/c1-4-17(15,16)11-7-5-10(6-8-11)14-12(2,3)9-13/h5-8,14H,4,9,13H2,1-3H3. The summed E-state index contributed by atoms with van der Waals surface area (Å²) in [7, 11) is -3.12. The number of hydrogen-bond donors (Lipinski definition) is 2. The molecule has 0 saturated heterocycles. The highest BCUT2D eigenvalue weighted by molar-refractivity contribution is 7.91. The lowest BCUT2D eigenvalue weighted by molar-refractivity contribution is 0.580. The van der Waals surface area contributed by atoms with E-state index in [9.17, 15) is 8.42 Å². The van der Waals surface area contributed by atoms with Crippen LogP contribution in [0.25, 0.3) is 0 Å². The molecule has 0 amide bonds. The summed E-state index contributed by atoms with van der Waals surface area (Å²) in [5, 5.41) is 3.24. The zero-order chi connectivity index (χ0) is 13.1. The molecule has 17 heavy (non-hydrogen) atoms. The summed E-state index contributed by atoms with van der Waals surface area (Å²) >= 11 is 0. The zero-order valence-electron chi connectivity index (χ0n) is 10.5. The number of hydrogen-bond acceptors (Lipinski definition) is 4. The quantitative estimate of drug-likeness (QED) is 0.840. The molecule has 0 fully saturated rings. The van der Waals surface area contributed by atoms with Crippen molar-refractivity contribution < 1.29 is 8.42 Å². The predicted octanol–water partition coefficient (Wildman–Crippen LogP) is 1.63. The fourth-order valence-electron chi connectivity index (χ4n) is 1.35. The van der Waals surface area contributed by atoms with Crippen LogP contribution in [-0.2, 0) is 9.84 Å². The summed E-state index contributed by atoms with van der Waals surface area (Å²) in [6, 6.07) is 6.77. The van der Waals surface area contributed by atoms with Crippen molar-refractivity contribution in [1.82, 2.24) is 0 Å². The molecule has 3 N–H and O–H groups in total. The van der Waals surface area contributed by atoms with Crippen molar-refractivity contribution in [1.29, 1.82) is 0 Å². The van der Waals surface area contributed by atoms with E-state index < -0.39 is 9.84 Å². The van der Waals surface area contributed by atoms with Crippen molar-refractivity contribution in [3.8, 4) is 0 Å². The second-order valence-corrected chi connectivity index (χ2v) is 6.92. The highest BCUT2D eigenvalue weighted by Crippen LogP contribution is 2.18. The highest BCUT2D eigenvalue weighted by Gasteiger charge is 2.15. The van der Waals surface area contributed by atoms with Gasteiger partial charge in [0.1, 0.15) is 0 Å². The summed E-state index contributed by atoms with van der Waals surface area (Å²) in [4.78, 5) is 0.358. The van der Waals surface area contributed by atoms with Crippen LogP contribution in [-0.4, -0.2) is 26.3 Å². The minimum atomic E-state index is -3.12. The number of sulfone groups is 1. The van der Waals surface area contributed by atoms with Crippen LogP contribution in [0.5, 0.6) is 0 Å². The maximum atomic E-state index is 11.6. The van der Waals surface area contributed by atoms with Gasteiger partial charge in [-0.25, -0.2) is 8.42 Å². The van der Waals surface area contributed by atoms with Gasteiger partial charge in [0.2, 0.25) is 0 Å². The lowest BCUT2D eigenvalue weighted by Gasteiger charge is -2.25. The fourth-order valence-corrected chi connectivity index (χ4v) is 2.24. The molecule has 1 rings (SSSR count). The van der Waals surface area contributed by atoms with E-state index in [0.717, 1.165) is 5.69 Å². The van der Waals surface area contributed by atoms with Gasteiger partial charge < -0.3 is 11.1 Å². The van der Waals surface area contributed by atoms with Crippen molar-refractivity contribution in [3.05, 3.63) is 24.3 Å². The molecule has 0 aliphatic heterocycles. The summed E-state index contributed by atoms with van der Waals surface area (Å²) in [6.07, 6.45) is 0. The van der Waals surface area contributed by atoms with Crippen LogP contribution in [0, 0.1) is 0 Å². The van der Waals surface area contributed by atoms with Gasteiger partial charge in [-0.15, -0.1) is 0 Å². The molecular formula is C12H20N2O2S. The Morgan fingerprint density at radius 3 is 2.18 bits per heavy atom. The molecule has 0 spiro atoms. The first-order chi connectivity index (χ1) is 7.80. The Hall–Kier alpha value is -1.07. The number of rotatable bonds is 5. The lowest BCUT2D eigenvalue weighted by Crippen LogP contribution is -2.39. The van der Waals surface area contributed by atoms with E-state index in [2.05, 4.69) is 5.32 Å². The molecule has 1 aromatic rings. The monoisotopic (exact) mass is 256 g/mol. The average Bonchev–Trinajstić information content (AvgIpc) is 2.29. The predicted molar refractivity (Wildman–Crippen MR) is 70.9 cm³/mol. The van der Waals surface area contributed by atoms with Gasteiger partial charge in [-0.1, -0.05) is 6.92 Å². The number of anilines is 1. The molecular weight excluding hydrogens is 236 g/mol. The SMILES string of the molecule is CCS(=O)(=O)c1ccc(NC(C)(C)CN)cc1. The van der Waals surface area contributed by atoms with Crippen LogP contribution in [0.1, 0.15) is 20.8 Å². The first-order valence-corrected chi connectivity index (χ1v) is 7.27. The van der Waals surface area contributed by atoms with Gasteiger partial charge in [0, 0.05) is 17.8 Å². The van der Waals surface area contributed by atoms with Crippen molar-refractivity contribution in [2.24, 2.45) is 5.73 Å². The molecule has 5 heteroatoms. The zero-order valence-corrected chi connectivity index (χ0v) is 11.3. The van der Waals surface area contributed by atoms with Crippen molar-refractivity contribution in [2.45, 2.75) is 31.2 Å². The topological polar surface area (TPSA) is 72.2 Å². The molecule has 0 heterocycles. The van der Waals surface area contributed by atoms with E-state index in [1.165, 1.54) is 0 Å². The van der Waals surface area contributed by atoms with Crippen LogP contribution in [0.4, 0.5) is 5.69 Å². The molecule has 0 unspecified atom stereocenters. The Morgan fingerprint density at radius 2 is 1.76 bits per heavy atom. The van der Waals surface area contributed by atoms with E-state index in [4.69, 9.17) is 5.73 Å². The molecule has 0 aromatic heterocycles. The normalized spacial score (nSPS) is 12.5. The maximum absolute atomic E-state index is 11.6. The van der Waals surface area contributed by atoms with E-state index in [1.54, 1.807) is 31.2 Å². The van der Waals surface area contributed by atoms with Crippen molar-refractivity contribution >= 4 is 15.5 Å². The number of benzene rings is 1. The Labute approximate surface area is 103 Å². The van der Waals surface area contributed by atoms with Gasteiger partial charge in [-0.2, -0.15) is 0 Å². The Kier molecular flexibility index (Phi) is 4.16. The van der Waals surface area contributed by atoms with E-state index in [-0.39, 0.29) is 11.3 Å². The molecule has 0 atom stereocenters. The molecule has 0 aliphatic carbocycles. The molecule has 0 aliphatic rings. The maximum Gasteiger partial charge on any atom is 0.178 e. The summed E-state index contributed by atoms with van der Waals surface area (Å²) in [5.74, 6) is 0.119. The minimum Gasteiger partial charge on any atom is -0.379 e. The van der Waals surface area contributed by atoms with Crippen LogP contribution < -0.4 is 11.1 Å². The molecule has 0 bridgehead atoms. The van der Waals surface area contributed by atoms with Gasteiger partial charge in [-0.05, 0) is 38.1 Å². The first-order valence-electron chi connectivity index (χ1n) is 5.62. The first kappa shape index (κ1) is 14.0. The van der Waals surface area contributed by atoms with Gasteiger partial charge in [0.25, 0.3) is 0 Å². The smallest absolute Gasteiger partial charge is 0.178 e. The van der Waals surface area contributed by atoms with Gasteiger partial charge in [-0.3, -0.25) is 0 Å². The molecule has 96 valence electrons. The summed E-state index contributed by atoms with van der Waals surface area (Å²) in [6.45, 7) is 6.12. The van der Waals surface area contributed by atoms with Crippen molar-refractivity contribution in [3.63, 3.8) is 0 Å². The molecule has 1 aromatic carbocycles. The van der Waals surface area contributed by atoms with Crippen LogP contribution in [0.2, 0.25) is 0 Å². The number of nitrogens with two attached hydrogens (primary N) is 1. The van der Waals surface area contributed by atoms with E-state index in [1.807, 2.05) is 13.8 Å². The van der Waals surface area contributed by atoms with Gasteiger partial charge >= 0.3 is 0 Å². The summed E-state index contributed by atoms with van der Waals surface area (Å²) < 4.78 is 23.2. The largest absolute Gasteiger partial charge is 0.379 e. The molecule has 4 nitrogen and oxygen atoms in total. The Morgan fingerprint density at radius 1 is 1.24 bits per heavy atom. The van der Waals surface area contributed by atoms with Crippen LogP contribution in [0.3, 0.4) is 0 Å². The summed E-state index contributed by atoms with van der Waals surface area (Å²) in [5.41, 5.74) is 6.28. The highest BCUT2D eigenvalue weighted by atomic mass is 32.2. The van der Waals surface area contributed by atoms with Crippen molar-refractivity contribution in [2.75, 3.05) is 17.6 Å². The van der Waals surface area contributed by atoms with Crippen LogP contribution in [0.15, 0.2) is 29.2 Å². The average molecular weight is 256 g/mol. The lowest BCUT2D eigenvalue weighted by atomic mass is 10.1. The second kappa shape index (κ2) is 5.06. The Balaban J connectivity index is 2.90. The third-order valence-electron chi connectivity index (χ3n) is 2.59. The van der Waals surface area contributed by atoms with Crippen LogP contribution >= 0.6 is 0 Å². The minimum absolute atomic E-state index is 0.119. The van der Waals surface area contributed by atoms with E-state index in [0.29, 0.717) is 11.4 Å². The fraction of sp³-hybridized carbons (Fsp3) is 0.500.